The van der Waals surface area contributed by atoms with Gasteiger partial charge in [-0.05, 0) is 25.7 Å². The number of primary amides is 1. The van der Waals surface area contributed by atoms with Crippen LogP contribution < -0.4 is 5.73 Å². The quantitative estimate of drug-likeness (QED) is 0.582. The molecule has 2 N–H and O–H groups in total. The molecule has 0 heterocycles. The second-order valence-corrected chi connectivity index (χ2v) is 2.34. The lowest BCUT2D eigenvalue weighted by Crippen LogP contribution is -2.19. The molecule has 9 heavy (non-hydrogen) atoms. The van der Waals surface area contributed by atoms with E-state index in [-0.39, 0.29) is 7.53 Å². The highest BCUT2D eigenvalue weighted by atomic mass is 16.6. The number of carbonyl (C=O) groups excluding carboxylic acids is 1. The van der Waals surface area contributed by atoms with E-state index in [9.17, 15) is 4.79 Å². The van der Waals surface area contributed by atoms with Crippen LogP contribution in [0.5, 0.6) is 0 Å². The molecule has 0 aliphatic heterocycles. The van der Waals surface area contributed by atoms with Crippen molar-refractivity contribution >= 4 is 6.09 Å². The van der Waals surface area contributed by atoms with Crippen LogP contribution in [-0.2, 0) is 4.74 Å². The maximum absolute atomic E-state index is 10.2. The van der Waals surface area contributed by atoms with Gasteiger partial charge in [-0.15, -0.1) is 0 Å². The van der Waals surface area contributed by atoms with Crippen LogP contribution in [0.15, 0.2) is 0 Å². The number of rotatable bonds is 1. The zero-order valence-electron chi connectivity index (χ0n) is 5.30. The molecule has 0 aromatic heterocycles. The molecule has 0 spiro atoms. The minimum Gasteiger partial charge on any atom is -0.446 e. The van der Waals surface area contributed by atoms with Crippen LogP contribution in [-0.4, -0.2) is 12.2 Å². The van der Waals surface area contributed by atoms with E-state index in [4.69, 9.17) is 10.5 Å². The summed E-state index contributed by atoms with van der Waals surface area (Å²) in [5.74, 6) is 0. The van der Waals surface area contributed by atoms with Gasteiger partial charge in [0, 0.05) is 1.43 Å². The molecule has 3 nitrogen and oxygen atoms in total. The molecule has 0 saturated heterocycles. The Balaban J connectivity index is 0.000000810. The number of hydrogen-bond donors (Lipinski definition) is 1. The van der Waals surface area contributed by atoms with Gasteiger partial charge in [0.15, 0.2) is 0 Å². The zero-order chi connectivity index (χ0) is 6.69. The Bertz CT molecular complexity index is 112. The van der Waals surface area contributed by atoms with E-state index >= 15 is 0 Å². The van der Waals surface area contributed by atoms with Crippen molar-refractivity contribution in [2.24, 2.45) is 5.73 Å². The molecular formula is C6H13NO2. The van der Waals surface area contributed by atoms with Crippen molar-refractivity contribution in [1.82, 2.24) is 0 Å². The first-order chi connectivity index (χ1) is 4.29. The topological polar surface area (TPSA) is 52.3 Å². The lowest BCUT2D eigenvalue weighted by Gasteiger charge is -2.06. The van der Waals surface area contributed by atoms with Gasteiger partial charge in [-0.3, -0.25) is 0 Å². The van der Waals surface area contributed by atoms with Crippen molar-refractivity contribution in [2.45, 2.75) is 31.8 Å². The van der Waals surface area contributed by atoms with Crippen LogP contribution in [0.2, 0.25) is 0 Å². The van der Waals surface area contributed by atoms with Crippen LogP contribution in [0.1, 0.15) is 27.1 Å². The molecule has 0 radical (unpaired) electrons. The smallest absolute Gasteiger partial charge is 0.404 e. The predicted molar refractivity (Wildman–Crippen MR) is 35.0 cm³/mol. The Hall–Kier alpha value is -0.730. The molecule has 3 heteroatoms. The molecule has 0 unspecified atom stereocenters. The predicted octanol–water partition coefficient (Wildman–Crippen LogP) is 1.27. The summed E-state index contributed by atoms with van der Waals surface area (Å²) in [6.45, 7) is 0. The highest BCUT2D eigenvalue weighted by molar-refractivity contribution is 5.64. The fraction of sp³-hybridized carbons (Fsp3) is 0.833. The summed E-state index contributed by atoms with van der Waals surface area (Å²) >= 11 is 0. The van der Waals surface area contributed by atoms with Crippen molar-refractivity contribution in [3.8, 4) is 0 Å². The summed E-state index contributed by atoms with van der Waals surface area (Å²) < 4.78 is 4.75. The van der Waals surface area contributed by atoms with Gasteiger partial charge in [0.25, 0.3) is 0 Å². The summed E-state index contributed by atoms with van der Waals surface area (Å²) in [5.41, 5.74) is 4.81. The third kappa shape index (κ3) is 1.91. The van der Waals surface area contributed by atoms with Gasteiger partial charge in [-0.2, -0.15) is 0 Å². The van der Waals surface area contributed by atoms with Crippen LogP contribution in [0.25, 0.3) is 0 Å². The molecule has 1 rings (SSSR count). The normalized spacial score (nSPS) is 20.0. The molecule has 1 amide bonds. The highest BCUT2D eigenvalue weighted by Crippen LogP contribution is 2.20. The SMILES string of the molecule is NC(=O)OC1CCCC1.[HH]. The molecule has 1 fully saturated rings. The van der Waals surface area contributed by atoms with Crippen LogP contribution in [0.3, 0.4) is 0 Å². The monoisotopic (exact) mass is 131 g/mol. The van der Waals surface area contributed by atoms with E-state index in [2.05, 4.69) is 0 Å². The molecule has 0 aromatic carbocycles. The highest BCUT2D eigenvalue weighted by Gasteiger charge is 2.17. The molecule has 1 aliphatic carbocycles. The second kappa shape index (κ2) is 2.71. The summed E-state index contributed by atoms with van der Waals surface area (Å²) in [6.07, 6.45) is 3.78. The zero-order valence-corrected chi connectivity index (χ0v) is 5.30. The standard InChI is InChI=1S/C6H11NO2.H2/c7-6(8)9-5-3-1-2-4-5;/h5H,1-4H2,(H2,7,8);1H. The van der Waals surface area contributed by atoms with Gasteiger partial charge in [0.2, 0.25) is 0 Å². The summed E-state index contributed by atoms with van der Waals surface area (Å²) in [6, 6.07) is 0. The molecule has 1 aliphatic rings. The second-order valence-electron chi connectivity index (χ2n) is 2.34. The van der Waals surface area contributed by atoms with E-state index in [0.717, 1.165) is 25.7 Å². The largest absolute Gasteiger partial charge is 0.446 e. The molecule has 1 saturated carbocycles. The van der Waals surface area contributed by atoms with Gasteiger partial charge in [-0.25, -0.2) is 4.79 Å². The Morgan fingerprint density at radius 3 is 2.56 bits per heavy atom. The van der Waals surface area contributed by atoms with E-state index < -0.39 is 6.09 Å². The minimum atomic E-state index is -0.637. The third-order valence-corrected chi connectivity index (χ3v) is 1.59. The van der Waals surface area contributed by atoms with E-state index in [0.29, 0.717) is 0 Å². The minimum absolute atomic E-state index is 0. The van der Waals surface area contributed by atoms with E-state index in [1.54, 1.807) is 0 Å². The van der Waals surface area contributed by atoms with Crippen molar-refractivity contribution in [3.05, 3.63) is 0 Å². The average Bonchev–Trinajstić information content (AvgIpc) is 2.15. The fourth-order valence-electron chi connectivity index (χ4n) is 1.17. The Morgan fingerprint density at radius 1 is 1.56 bits per heavy atom. The van der Waals surface area contributed by atoms with Gasteiger partial charge < -0.3 is 10.5 Å². The molecule has 0 atom stereocenters. The number of amides is 1. The number of hydrogen-bond acceptors (Lipinski definition) is 2. The van der Waals surface area contributed by atoms with E-state index in [1.807, 2.05) is 0 Å². The Kier molecular flexibility index (Phi) is 1.92. The first-order valence-electron chi connectivity index (χ1n) is 3.25. The van der Waals surface area contributed by atoms with Gasteiger partial charge >= 0.3 is 6.09 Å². The summed E-state index contributed by atoms with van der Waals surface area (Å²) in [4.78, 5) is 10.2. The Morgan fingerprint density at radius 2 is 2.11 bits per heavy atom. The van der Waals surface area contributed by atoms with Gasteiger partial charge in [0.05, 0.1) is 0 Å². The molecular weight excluding hydrogens is 118 g/mol. The number of carbonyl (C=O) groups is 1. The maximum atomic E-state index is 10.2. The van der Waals surface area contributed by atoms with Gasteiger partial charge in [0.1, 0.15) is 6.10 Å². The first-order valence-corrected chi connectivity index (χ1v) is 3.25. The molecule has 0 aromatic rings. The number of ether oxygens (including phenoxy) is 1. The Labute approximate surface area is 55.7 Å². The van der Waals surface area contributed by atoms with Crippen molar-refractivity contribution in [3.63, 3.8) is 0 Å². The van der Waals surface area contributed by atoms with Crippen molar-refractivity contribution in [2.75, 3.05) is 0 Å². The third-order valence-electron chi connectivity index (χ3n) is 1.59. The van der Waals surface area contributed by atoms with Crippen molar-refractivity contribution < 1.29 is 11.0 Å². The maximum Gasteiger partial charge on any atom is 0.404 e. The van der Waals surface area contributed by atoms with Crippen LogP contribution >= 0.6 is 0 Å². The lowest BCUT2D eigenvalue weighted by molar-refractivity contribution is 0.110. The van der Waals surface area contributed by atoms with Gasteiger partial charge in [-0.1, -0.05) is 0 Å². The van der Waals surface area contributed by atoms with Crippen LogP contribution in [0.4, 0.5) is 4.79 Å². The summed E-state index contributed by atoms with van der Waals surface area (Å²) in [5, 5.41) is 0. The summed E-state index contributed by atoms with van der Waals surface area (Å²) in [7, 11) is 0. The van der Waals surface area contributed by atoms with E-state index in [1.165, 1.54) is 0 Å². The molecule has 0 bridgehead atoms. The number of nitrogens with two attached hydrogens (primary N) is 1. The fourth-order valence-corrected chi connectivity index (χ4v) is 1.17. The lowest BCUT2D eigenvalue weighted by atomic mass is 10.3. The first kappa shape index (κ1) is 6.39. The molecule has 54 valence electrons. The average molecular weight is 131 g/mol. The van der Waals surface area contributed by atoms with Crippen molar-refractivity contribution in [1.29, 1.82) is 0 Å². The van der Waals surface area contributed by atoms with Crippen LogP contribution in [0, 0.1) is 0 Å².